The van der Waals surface area contributed by atoms with Crippen LogP contribution in [0.3, 0.4) is 0 Å². The van der Waals surface area contributed by atoms with E-state index in [9.17, 15) is 22.8 Å². The normalized spacial score (nSPS) is 15.8. The Labute approximate surface area is 235 Å². The molecule has 0 radical (unpaired) electrons. The summed E-state index contributed by atoms with van der Waals surface area (Å²) in [6.45, 7) is 2.38. The lowest BCUT2D eigenvalue weighted by atomic mass is 9.88. The van der Waals surface area contributed by atoms with Gasteiger partial charge in [-0.05, 0) is 62.5 Å². The fourth-order valence-electron chi connectivity index (χ4n) is 6.13. The minimum Gasteiger partial charge on any atom is -0.382 e. The Morgan fingerprint density at radius 1 is 1.10 bits per heavy atom. The van der Waals surface area contributed by atoms with Gasteiger partial charge in [0.2, 0.25) is 0 Å². The Bertz CT molecular complexity index is 1710. The van der Waals surface area contributed by atoms with Crippen molar-refractivity contribution in [2.45, 2.75) is 31.7 Å². The van der Waals surface area contributed by atoms with Crippen molar-refractivity contribution in [3.63, 3.8) is 0 Å². The average molecular weight is 565 g/mol. The van der Waals surface area contributed by atoms with Gasteiger partial charge in [-0.25, -0.2) is 18.2 Å². The Morgan fingerprint density at radius 2 is 1.80 bits per heavy atom. The molecule has 0 bridgehead atoms. The summed E-state index contributed by atoms with van der Waals surface area (Å²) in [5.41, 5.74) is 2.72. The van der Waals surface area contributed by atoms with Crippen LogP contribution in [-0.2, 0) is 20.0 Å². The number of carbonyl (C=O) groups is 1. The molecule has 6 rings (SSSR count). The van der Waals surface area contributed by atoms with Crippen molar-refractivity contribution in [1.29, 1.82) is 0 Å². The zero-order chi connectivity index (χ0) is 29.0. The van der Waals surface area contributed by atoms with Gasteiger partial charge in [-0.3, -0.25) is 19.1 Å². The van der Waals surface area contributed by atoms with E-state index in [0.29, 0.717) is 62.3 Å². The summed E-state index contributed by atoms with van der Waals surface area (Å²) in [5.74, 6) is -2.57. The summed E-state index contributed by atoms with van der Waals surface area (Å²) in [6, 6.07) is 5.94. The van der Waals surface area contributed by atoms with Crippen LogP contribution in [-0.4, -0.2) is 63.6 Å². The maximum absolute atomic E-state index is 15.0. The second-order valence-electron chi connectivity index (χ2n) is 11.0. The number of nitrogens with zero attached hydrogens (tertiary/aromatic N) is 5. The van der Waals surface area contributed by atoms with E-state index in [1.54, 1.807) is 26.4 Å². The molecule has 214 valence electrons. The highest BCUT2D eigenvalue weighted by Gasteiger charge is 2.28. The molecule has 1 fully saturated rings. The number of likely N-dealkylation sites (tertiary alicyclic amines) is 1. The molecule has 8 nitrogen and oxygen atoms in total. The van der Waals surface area contributed by atoms with Crippen molar-refractivity contribution in [2.75, 3.05) is 39.0 Å². The molecular formula is C30H31F3N6O2. The van der Waals surface area contributed by atoms with Gasteiger partial charge in [0.25, 0.3) is 11.5 Å². The summed E-state index contributed by atoms with van der Waals surface area (Å²) in [7, 11) is 4.98. The zero-order valence-corrected chi connectivity index (χ0v) is 23.2. The fourth-order valence-corrected chi connectivity index (χ4v) is 6.13. The van der Waals surface area contributed by atoms with Gasteiger partial charge in [0.1, 0.15) is 17.3 Å². The summed E-state index contributed by atoms with van der Waals surface area (Å²) >= 11 is 0. The van der Waals surface area contributed by atoms with Gasteiger partial charge in [-0.2, -0.15) is 0 Å². The Morgan fingerprint density at radius 3 is 2.49 bits per heavy atom. The van der Waals surface area contributed by atoms with Crippen LogP contribution >= 0.6 is 0 Å². The number of pyridine rings is 2. The standard InChI is InChI=1S/C30H31F3N6O2/c1-36(2)29(40)18-12-22(31)26(23(32)13-18)17-6-10-38(11-7-17)15-19-14-21-25(5-9-35-28(21)37(19)3)39-16-24(33)27-20(30(39)41)4-8-34-27/h5,9,12-14,16-17,34H,4,6-8,10-11,15H2,1-3H3. The van der Waals surface area contributed by atoms with Crippen molar-refractivity contribution in [3.05, 3.63) is 86.8 Å². The van der Waals surface area contributed by atoms with Gasteiger partial charge in [0, 0.05) is 68.2 Å². The van der Waals surface area contributed by atoms with Crippen molar-refractivity contribution < 1.29 is 18.0 Å². The summed E-state index contributed by atoms with van der Waals surface area (Å²) in [5, 5.41) is 3.69. The molecule has 5 heterocycles. The Balaban J connectivity index is 1.22. The number of carbonyl (C=O) groups excluding carboxylic acids is 1. The summed E-state index contributed by atoms with van der Waals surface area (Å²) in [6.07, 6.45) is 4.46. The van der Waals surface area contributed by atoms with Gasteiger partial charge in [0.05, 0.1) is 17.6 Å². The molecule has 41 heavy (non-hydrogen) atoms. The van der Waals surface area contributed by atoms with Crippen LogP contribution in [0.15, 0.2) is 41.5 Å². The molecule has 0 atom stereocenters. The van der Waals surface area contributed by atoms with E-state index >= 15 is 0 Å². The molecule has 4 aromatic rings. The lowest BCUT2D eigenvalue weighted by molar-refractivity contribution is 0.0826. The predicted molar refractivity (Wildman–Crippen MR) is 150 cm³/mol. The third kappa shape index (κ3) is 4.67. The van der Waals surface area contributed by atoms with Gasteiger partial charge >= 0.3 is 0 Å². The molecule has 11 heteroatoms. The van der Waals surface area contributed by atoms with Crippen molar-refractivity contribution in [3.8, 4) is 5.69 Å². The van der Waals surface area contributed by atoms with E-state index in [1.165, 1.54) is 15.7 Å². The first-order chi connectivity index (χ1) is 19.6. The molecule has 0 saturated carbocycles. The van der Waals surface area contributed by atoms with Crippen LogP contribution in [0.25, 0.3) is 16.7 Å². The second kappa shape index (κ2) is 10.4. The lowest BCUT2D eigenvalue weighted by Crippen LogP contribution is -2.33. The smallest absolute Gasteiger partial charge is 0.260 e. The predicted octanol–water partition coefficient (Wildman–Crippen LogP) is 4.19. The Hall–Kier alpha value is -4.12. The minimum atomic E-state index is -0.685. The van der Waals surface area contributed by atoms with Crippen molar-refractivity contribution >= 4 is 22.6 Å². The molecule has 0 spiro atoms. The number of benzene rings is 1. The zero-order valence-electron chi connectivity index (χ0n) is 23.2. The van der Waals surface area contributed by atoms with Crippen LogP contribution in [0, 0.1) is 17.5 Å². The second-order valence-corrected chi connectivity index (χ2v) is 11.0. The van der Waals surface area contributed by atoms with E-state index in [2.05, 4.69) is 15.2 Å². The van der Waals surface area contributed by atoms with E-state index < -0.39 is 23.4 Å². The van der Waals surface area contributed by atoms with Crippen molar-refractivity contribution in [1.82, 2.24) is 23.9 Å². The molecule has 0 unspecified atom stereocenters. The molecule has 1 N–H and O–H groups in total. The number of nitrogens with one attached hydrogen (secondary N) is 1. The highest BCUT2D eigenvalue weighted by molar-refractivity contribution is 5.94. The monoisotopic (exact) mass is 564 g/mol. The number of rotatable bonds is 5. The lowest BCUT2D eigenvalue weighted by Gasteiger charge is -2.32. The summed E-state index contributed by atoms with van der Waals surface area (Å²) < 4.78 is 48.0. The number of piperidine rings is 1. The van der Waals surface area contributed by atoms with Gasteiger partial charge in [0.15, 0.2) is 5.82 Å². The molecule has 2 aliphatic heterocycles. The number of hydrogen-bond donors (Lipinski definition) is 1. The minimum absolute atomic E-state index is 0.00324. The SMILES string of the molecule is CN(C)C(=O)c1cc(F)c(C2CCN(Cc3cc4c(-n5cc(F)c6c(c5=O)CCN6)ccnc4n3C)CC2)c(F)c1. The first-order valence-corrected chi connectivity index (χ1v) is 13.7. The van der Waals surface area contributed by atoms with Crippen LogP contribution in [0.1, 0.15) is 45.9 Å². The number of fused-ring (bicyclic) bond motifs is 2. The summed E-state index contributed by atoms with van der Waals surface area (Å²) in [4.78, 5) is 33.4. The quantitative estimate of drug-likeness (QED) is 0.394. The highest BCUT2D eigenvalue weighted by Crippen LogP contribution is 2.34. The maximum Gasteiger partial charge on any atom is 0.260 e. The number of aryl methyl sites for hydroxylation is 1. The van der Waals surface area contributed by atoms with Crippen LogP contribution < -0.4 is 10.9 Å². The number of aromatic nitrogens is 3. The number of amides is 1. The third-order valence-electron chi connectivity index (χ3n) is 8.32. The number of hydrogen-bond acceptors (Lipinski definition) is 5. The van der Waals surface area contributed by atoms with E-state index in [0.717, 1.165) is 23.2 Å². The van der Waals surface area contributed by atoms with Crippen LogP contribution in [0.4, 0.5) is 18.9 Å². The fraction of sp³-hybridized carbons (Fsp3) is 0.367. The third-order valence-corrected chi connectivity index (χ3v) is 8.32. The molecular weight excluding hydrogens is 533 g/mol. The first-order valence-electron chi connectivity index (χ1n) is 13.7. The van der Waals surface area contributed by atoms with E-state index in [4.69, 9.17) is 0 Å². The number of halogens is 3. The molecule has 2 aliphatic rings. The van der Waals surface area contributed by atoms with Gasteiger partial charge in [-0.1, -0.05) is 0 Å². The largest absolute Gasteiger partial charge is 0.382 e. The van der Waals surface area contributed by atoms with E-state index in [-0.39, 0.29) is 28.3 Å². The Kier molecular flexibility index (Phi) is 6.85. The molecule has 1 aromatic carbocycles. The van der Waals surface area contributed by atoms with Crippen molar-refractivity contribution in [2.24, 2.45) is 7.05 Å². The first kappa shape index (κ1) is 27.1. The molecule has 1 saturated heterocycles. The maximum atomic E-state index is 15.0. The molecule has 3 aromatic heterocycles. The highest BCUT2D eigenvalue weighted by atomic mass is 19.1. The van der Waals surface area contributed by atoms with Crippen LogP contribution in [0.2, 0.25) is 0 Å². The molecule has 0 aliphatic carbocycles. The van der Waals surface area contributed by atoms with Gasteiger partial charge < -0.3 is 14.8 Å². The average Bonchev–Trinajstić information content (AvgIpc) is 3.57. The molecule has 1 amide bonds. The topological polar surface area (TPSA) is 75.4 Å². The van der Waals surface area contributed by atoms with E-state index in [1.807, 2.05) is 17.7 Å². The van der Waals surface area contributed by atoms with Gasteiger partial charge in [-0.15, -0.1) is 0 Å². The number of anilines is 1. The van der Waals surface area contributed by atoms with Crippen LogP contribution in [0.5, 0.6) is 0 Å².